The van der Waals surface area contributed by atoms with Gasteiger partial charge in [-0.2, -0.15) is 0 Å². The number of benzene rings is 1. The summed E-state index contributed by atoms with van der Waals surface area (Å²) in [6.07, 6.45) is 7.71. The molecular weight excluding hydrogens is 257 g/mol. The number of rotatable bonds is 5. The van der Waals surface area contributed by atoms with Crippen LogP contribution in [0.15, 0.2) is 18.2 Å². The summed E-state index contributed by atoms with van der Waals surface area (Å²) >= 11 is 0. The van der Waals surface area contributed by atoms with E-state index in [2.05, 4.69) is 10.1 Å². The zero-order valence-electron chi connectivity index (χ0n) is 12.0. The van der Waals surface area contributed by atoms with Crippen molar-refractivity contribution in [3.05, 3.63) is 29.6 Å². The molecule has 1 aromatic rings. The van der Waals surface area contributed by atoms with Crippen molar-refractivity contribution in [3.63, 3.8) is 0 Å². The van der Waals surface area contributed by atoms with Crippen LogP contribution < -0.4 is 5.32 Å². The molecule has 0 heterocycles. The second-order valence-electron chi connectivity index (χ2n) is 5.40. The summed E-state index contributed by atoms with van der Waals surface area (Å²) < 4.78 is 17.9. The monoisotopic (exact) mass is 279 g/mol. The minimum Gasteiger partial charge on any atom is -0.465 e. The van der Waals surface area contributed by atoms with Crippen LogP contribution >= 0.6 is 0 Å². The van der Waals surface area contributed by atoms with Gasteiger partial charge in [0.05, 0.1) is 12.7 Å². The van der Waals surface area contributed by atoms with Crippen LogP contribution in [0.2, 0.25) is 0 Å². The predicted octanol–water partition coefficient (Wildman–Crippen LogP) is 3.99. The Morgan fingerprint density at radius 1 is 1.35 bits per heavy atom. The summed E-state index contributed by atoms with van der Waals surface area (Å²) in [5, 5.41) is 3.24. The molecule has 1 fully saturated rings. The standard InChI is InChI=1S/C16H22FNO2/c1-20-16(19)14-11-13(17)7-8-15(14)18-10-9-12-5-3-2-4-6-12/h7-8,11-12,18H,2-6,9-10H2,1H3. The van der Waals surface area contributed by atoms with Gasteiger partial charge in [-0.05, 0) is 30.5 Å². The van der Waals surface area contributed by atoms with Crippen LogP contribution in [0.25, 0.3) is 0 Å². The topological polar surface area (TPSA) is 38.3 Å². The van der Waals surface area contributed by atoms with Gasteiger partial charge in [-0.25, -0.2) is 9.18 Å². The zero-order valence-corrected chi connectivity index (χ0v) is 12.0. The molecule has 0 aromatic heterocycles. The van der Waals surface area contributed by atoms with Gasteiger partial charge in [0.15, 0.2) is 0 Å². The maximum absolute atomic E-state index is 13.2. The summed E-state index contributed by atoms with van der Waals surface area (Å²) in [6.45, 7) is 0.806. The van der Waals surface area contributed by atoms with Gasteiger partial charge in [0.2, 0.25) is 0 Å². The van der Waals surface area contributed by atoms with E-state index in [1.165, 1.54) is 51.3 Å². The van der Waals surface area contributed by atoms with Crippen LogP contribution in [0.3, 0.4) is 0 Å². The van der Waals surface area contributed by atoms with Crippen molar-refractivity contribution in [2.75, 3.05) is 19.0 Å². The number of hydrogen-bond acceptors (Lipinski definition) is 3. The van der Waals surface area contributed by atoms with Crippen molar-refractivity contribution in [2.24, 2.45) is 5.92 Å². The zero-order chi connectivity index (χ0) is 14.4. The predicted molar refractivity (Wildman–Crippen MR) is 77.4 cm³/mol. The van der Waals surface area contributed by atoms with Crippen LogP contribution in [0.5, 0.6) is 0 Å². The van der Waals surface area contributed by atoms with E-state index >= 15 is 0 Å². The van der Waals surface area contributed by atoms with Crippen LogP contribution in [-0.4, -0.2) is 19.6 Å². The Hall–Kier alpha value is -1.58. The van der Waals surface area contributed by atoms with Crippen molar-refractivity contribution in [1.29, 1.82) is 0 Å². The average molecular weight is 279 g/mol. The Balaban J connectivity index is 1.92. The Morgan fingerprint density at radius 3 is 2.80 bits per heavy atom. The number of carbonyl (C=O) groups is 1. The maximum atomic E-state index is 13.2. The second kappa shape index (κ2) is 7.27. The highest BCUT2D eigenvalue weighted by molar-refractivity contribution is 5.95. The summed E-state index contributed by atoms with van der Waals surface area (Å²) in [7, 11) is 1.30. The molecule has 2 rings (SSSR count). The maximum Gasteiger partial charge on any atom is 0.340 e. The van der Waals surface area contributed by atoms with E-state index in [0.29, 0.717) is 5.69 Å². The fraction of sp³-hybridized carbons (Fsp3) is 0.562. The van der Waals surface area contributed by atoms with Crippen molar-refractivity contribution in [3.8, 4) is 0 Å². The lowest BCUT2D eigenvalue weighted by Crippen LogP contribution is -2.14. The minimum absolute atomic E-state index is 0.260. The van der Waals surface area contributed by atoms with Gasteiger partial charge in [-0.1, -0.05) is 32.1 Å². The molecule has 1 aliphatic rings. The third kappa shape index (κ3) is 3.95. The quantitative estimate of drug-likeness (QED) is 0.828. The highest BCUT2D eigenvalue weighted by Crippen LogP contribution is 2.26. The minimum atomic E-state index is -0.510. The van der Waals surface area contributed by atoms with Gasteiger partial charge in [-0.3, -0.25) is 0 Å². The number of nitrogens with one attached hydrogen (secondary N) is 1. The molecule has 0 radical (unpaired) electrons. The van der Waals surface area contributed by atoms with Gasteiger partial charge in [0.25, 0.3) is 0 Å². The van der Waals surface area contributed by atoms with E-state index in [9.17, 15) is 9.18 Å². The fourth-order valence-corrected chi connectivity index (χ4v) is 2.84. The van der Waals surface area contributed by atoms with E-state index in [0.717, 1.165) is 18.9 Å². The molecule has 20 heavy (non-hydrogen) atoms. The Kier molecular flexibility index (Phi) is 5.39. The van der Waals surface area contributed by atoms with E-state index in [1.54, 1.807) is 6.07 Å². The molecule has 1 N–H and O–H groups in total. The molecule has 1 aliphatic carbocycles. The van der Waals surface area contributed by atoms with Crippen LogP contribution in [0, 0.1) is 11.7 Å². The molecule has 0 saturated heterocycles. The third-order valence-electron chi connectivity index (χ3n) is 3.98. The molecule has 1 aromatic carbocycles. The Bertz CT molecular complexity index is 456. The fourth-order valence-electron chi connectivity index (χ4n) is 2.84. The summed E-state index contributed by atoms with van der Waals surface area (Å²) in [5.41, 5.74) is 0.908. The van der Waals surface area contributed by atoms with Crippen LogP contribution in [0.1, 0.15) is 48.9 Å². The van der Waals surface area contributed by atoms with E-state index in [4.69, 9.17) is 0 Å². The van der Waals surface area contributed by atoms with E-state index in [-0.39, 0.29) is 5.56 Å². The molecule has 0 spiro atoms. The molecule has 0 aliphatic heterocycles. The van der Waals surface area contributed by atoms with Crippen LogP contribution in [-0.2, 0) is 4.74 Å². The Labute approximate surface area is 119 Å². The first-order valence-electron chi connectivity index (χ1n) is 7.32. The molecule has 4 heteroatoms. The summed E-state index contributed by atoms with van der Waals surface area (Å²) in [5.74, 6) is -0.161. The molecule has 0 bridgehead atoms. The summed E-state index contributed by atoms with van der Waals surface area (Å²) in [6, 6.07) is 4.17. The van der Waals surface area contributed by atoms with Crippen molar-refractivity contribution in [1.82, 2.24) is 0 Å². The normalized spacial score (nSPS) is 15.9. The number of halogens is 1. The molecule has 0 amide bonds. The second-order valence-corrected chi connectivity index (χ2v) is 5.40. The summed E-state index contributed by atoms with van der Waals surface area (Å²) in [4.78, 5) is 11.6. The number of hydrogen-bond donors (Lipinski definition) is 1. The molecule has 1 saturated carbocycles. The van der Waals surface area contributed by atoms with E-state index in [1.807, 2.05) is 0 Å². The van der Waals surface area contributed by atoms with Gasteiger partial charge < -0.3 is 10.1 Å². The highest BCUT2D eigenvalue weighted by atomic mass is 19.1. The van der Waals surface area contributed by atoms with Gasteiger partial charge >= 0.3 is 5.97 Å². The molecule has 0 unspecified atom stereocenters. The molecular formula is C16H22FNO2. The number of anilines is 1. The van der Waals surface area contributed by atoms with Gasteiger partial charge in [-0.15, -0.1) is 0 Å². The average Bonchev–Trinajstić information content (AvgIpc) is 2.49. The van der Waals surface area contributed by atoms with Gasteiger partial charge in [0.1, 0.15) is 5.82 Å². The number of carbonyl (C=O) groups excluding carboxylic acids is 1. The SMILES string of the molecule is COC(=O)c1cc(F)ccc1NCCC1CCCCC1. The lowest BCUT2D eigenvalue weighted by molar-refractivity contribution is 0.0601. The first-order valence-corrected chi connectivity index (χ1v) is 7.32. The number of methoxy groups -OCH3 is 1. The third-order valence-corrected chi connectivity index (χ3v) is 3.98. The van der Waals surface area contributed by atoms with E-state index < -0.39 is 11.8 Å². The first-order chi connectivity index (χ1) is 9.70. The molecule has 3 nitrogen and oxygen atoms in total. The number of ether oxygens (including phenoxy) is 1. The largest absolute Gasteiger partial charge is 0.465 e. The number of esters is 1. The van der Waals surface area contributed by atoms with Gasteiger partial charge in [0, 0.05) is 12.2 Å². The smallest absolute Gasteiger partial charge is 0.340 e. The van der Waals surface area contributed by atoms with Crippen LogP contribution in [0.4, 0.5) is 10.1 Å². The van der Waals surface area contributed by atoms with Crippen molar-refractivity contribution < 1.29 is 13.9 Å². The van der Waals surface area contributed by atoms with Crippen molar-refractivity contribution >= 4 is 11.7 Å². The van der Waals surface area contributed by atoms with Crippen molar-refractivity contribution in [2.45, 2.75) is 38.5 Å². The Morgan fingerprint density at radius 2 is 2.10 bits per heavy atom. The first kappa shape index (κ1) is 14.8. The lowest BCUT2D eigenvalue weighted by Gasteiger charge is -2.22. The molecule has 0 atom stereocenters. The highest BCUT2D eigenvalue weighted by Gasteiger charge is 2.15. The lowest BCUT2D eigenvalue weighted by atomic mass is 9.87. The molecule has 110 valence electrons.